The van der Waals surface area contributed by atoms with Gasteiger partial charge in [0.1, 0.15) is 12.0 Å². The van der Waals surface area contributed by atoms with Crippen LogP contribution in [0.4, 0.5) is 11.5 Å². The lowest BCUT2D eigenvalue weighted by molar-refractivity contribution is -0.385. The van der Waals surface area contributed by atoms with Crippen LogP contribution in [0.1, 0.15) is 39.0 Å². The fraction of sp³-hybridized carbons (Fsp3) is 0.706. The van der Waals surface area contributed by atoms with Gasteiger partial charge in [0.05, 0.1) is 9.95 Å². The van der Waals surface area contributed by atoms with Crippen LogP contribution < -0.4 is 4.90 Å². The van der Waals surface area contributed by atoms with Gasteiger partial charge >= 0.3 is 0 Å². The molecule has 0 aromatic carbocycles. The van der Waals surface area contributed by atoms with Crippen molar-refractivity contribution < 1.29 is 4.92 Å². The van der Waals surface area contributed by atoms with E-state index in [4.69, 9.17) is 11.6 Å². The summed E-state index contributed by atoms with van der Waals surface area (Å²) in [6.45, 7) is 6.50. The molecule has 1 aromatic rings. The van der Waals surface area contributed by atoms with E-state index in [1.165, 1.54) is 44.5 Å². The Bertz CT molecular complexity index is 598. The Balaban J connectivity index is 1.66. The largest absolute Gasteiger partial charge is 0.355 e. The maximum absolute atomic E-state index is 10.8. The zero-order valence-corrected chi connectivity index (χ0v) is 14.9. The molecule has 1 aromatic heterocycles. The summed E-state index contributed by atoms with van der Waals surface area (Å²) < 4.78 is 0. The highest BCUT2D eigenvalue weighted by atomic mass is 35.5. The third-order valence-electron chi connectivity index (χ3n) is 5.27. The van der Waals surface area contributed by atoms with Gasteiger partial charge in [0, 0.05) is 31.7 Å². The number of nitro groups is 1. The molecule has 132 valence electrons. The average Bonchev–Trinajstić information content (AvgIpc) is 2.57. The van der Waals surface area contributed by atoms with Crippen molar-refractivity contribution in [2.75, 3.05) is 31.1 Å². The lowest BCUT2D eigenvalue weighted by atomic mass is 9.95. The van der Waals surface area contributed by atoms with E-state index in [1.54, 1.807) is 0 Å². The number of anilines is 1. The second-order valence-electron chi connectivity index (χ2n) is 7.05. The monoisotopic (exact) mass is 352 g/mol. The highest BCUT2D eigenvalue weighted by Crippen LogP contribution is 2.31. The standard InChI is InChI=1S/C17H25ClN4O2/c1-13-5-2-3-7-20(13)11-14-6-4-8-21(12-14)17-16(18)9-15(10-19-17)22(23)24/h9-10,13-14H,2-8,11-12H2,1H3. The topological polar surface area (TPSA) is 62.5 Å². The quantitative estimate of drug-likeness (QED) is 0.610. The third-order valence-corrected chi connectivity index (χ3v) is 5.55. The van der Waals surface area contributed by atoms with Crippen LogP contribution in [0.5, 0.6) is 0 Å². The van der Waals surface area contributed by atoms with Crippen molar-refractivity contribution in [3.05, 3.63) is 27.4 Å². The van der Waals surface area contributed by atoms with Crippen molar-refractivity contribution in [1.29, 1.82) is 0 Å². The summed E-state index contributed by atoms with van der Waals surface area (Å²) in [6, 6.07) is 2.08. The number of halogens is 1. The molecule has 0 bridgehead atoms. The van der Waals surface area contributed by atoms with Crippen molar-refractivity contribution in [1.82, 2.24) is 9.88 Å². The average molecular weight is 353 g/mol. The van der Waals surface area contributed by atoms with Gasteiger partial charge in [-0.05, 0) is 45.1 Å². The first-order valence-corrected chi connectivity index (χ1v) is 9.21. The highest BCUT2D eigenvalue weighted by molar-refractivity contribution is 6.33. The van der Waals surface area contributed by atoms with Gasteiger partial charge in [0.25, 0.3) is 5.69 Å². The Morgan fingerprint density at radius 1 is 1.33 bits per heavy atom. The molecule has 6 nitrogen and oxygen atoms in total. The fourth-order valence-electron chi connectivity index (χ4n) is 3.92. The number of hydrogen-bond acceptors (Lipinski definition) is 5. The molecular formula is C17H25ClN4O2. The Hall–Kier alpha value is -1.40. The summed E-state index contributed by atoms with van der Waals surface area (Å²) in [5.41, 5.74) is -0.0561. The Morgan fingerprint density at radius 3 is 2.88 bits per heavy atom. The fourth-order valence-corrected chi connectivity index (χ4v) is 4.20. The Kier molecular flexibility index (Phi) is 5.56. The smallest absolute Gasteiger partial charge is 0.289 e. The minimum Gasteiger partial charge on any atom is -0.355 e. The molecule has 24 heavy (non-hydrogen) atoms. The van der Waals surface area contributed by atoms with E-state index >= 15 is 0 Å². The molecule has 2 atom stereocenters. The molecule has 0 saturated carbocycles. The lowest BCUT2D eigenvalue weighted by Crippen LogP contribution is -2.45. The van der Waals surface area contributed by atoms with Crippen molar-refractivity contribution in [3.63, 3.8) is 0 Å². The highest BCUT2D eigenvalue weighted by Gasteiger charge is 2.27. The molecular weight excluding hydrogens is 328 g/mol. The summed E-state index contributed by atoms with van der Waals surface area (Å²) in [4.78, 5) is 19.4. The molecule has 0 amide bonds. The number of aromatic nitrogens is 1. The Morgan fingerprint density at radius 2 is 2.17 bits per heavy atom. The third kappa shape index (κ3) is 3.98. The summed E-state index contributed by atoms with van der Waals surface area (Å²) in [5, 5.41) is 11.2. The molecule has 2 aliphatic rings. The second kappa shape index (κ2) is 7.66. The van der Waals surface area contributed by atoms with Gasteiger partial charge in [0.2, 0.25) is 0 Å². The van der Waals surface area contributed by atoms with E-state index < -0.39 is 4.92 Å². The predicted molar refractivity (Wildman–Crippen MR) is 95.7 cm³/mol. The SMILES string of the molecule is CC1CCCCN1CC1CCCN(c2ncc([N+](=O)[O-])cc2Cl)C1. The van der Waals surface area contributed by atoms with Crippen LogP contribution in [0.15, 0.2) is 12.3 Å². The Labute approximate surface area is 147 Å². The summed E-state index contributed by atoms with van der Waals surface area (Å²) in [5.74, 6) is 1.28. The normalized spacial score (nSPS) is 25.7. The van der Waals surface area contributed by atoms with Crippen LogP contribution >= 0.6 is 11.6 Å². The van der Waals surface area contributed by atoms with E-state index in [0.29, 0.717) is 22.8 Å². The van der Waals surface area contributed by atoms with E-state index in [0.717, 1.165) is 26.1 Å². The molecule has 3 rings (SSSR count). The maximum Gasteiger partial charge on any atom is 0.289 e. The molecule has 0 aliphatic carbocycles. The number of rotatable bonds is 4. The van der Waals surface area contributed by atoms with Crippen LogP contribution in [0.25, 0.3) is 0 Å². The second-order valence-corrected chi connectivity index (χ2v) is 7.46. The first-order chi connectivity index (χ1) is 11.5. The first kappa shape index (κ1) is 17.4. The number of nitrogens with zero attached hydrogens (tertiary/aromatic N) is 4. The van der Waals surface area contributed by atoms with Crippen molar-refractivity contribution >= 4 is 23.1 Å². The van der Waals surface area contributed by atoms with Crippen LogP contribution in [0.2, 0.25) is 5.02 Å². The minimum absolute atomic E-state index is 0.0561. The molecule has 7 heteroatoms. The maximum atomic E-state index is 10.8. The van der Waals surface area contributed by atoms with E-state index in [-0.39, 0.29) is 5.69 Å². The molecule has 3 heterocycles. The first-order valence-electron chi connectivity index (χ1n) is 8.83. The molecule has 2 aliphatic heterocycles. The van der Waals surface area contributed by atoms with E-state index in [9.17, 15) is 10.1 Å². The van der Waals surface area contributed by atoms with Gasteiger partial charge in [-0.15, -0.1) is 0 Å². The van der Waals surface area contributed by atoms with Gasteiger partial charge in [-0.25, -0.2) is 4.98 Å². The molecule has 2 unspecified atom stereocenters. The van der Waals surface area contributed by atoms with Gasteiger partial charge in [-0.1, -0.05) is 18.0 Å². The van der Waals surface area contributed by atoms with Crippen LogP contribution in [-0.2, 0) is 0 Å². The predicted octanol–water partition coefficient (Wildman–Crippen LogP) is 3.73. The number of pyridine rings is 1. The minimum atomic E-state index is -0.459. The summed E-state index contributed by atoms with van der Waals surface area (Å²) >= 11 is 6.25. The van der Waals surface area contributed by atoms with Crippen LogP contribution in [0, 0.1) is 16.0 Å². The number of likely N-dealkylation sites (tertiary alicyclic amines) is 1. The van der Waals surface area contributed by atoms with Crippen LogP contribution in [-0.4, -0.2) is 47.0 Å². The molecule has 0 N–H and O–H groups in total. The lowest BCUT2D eigenvalue weighted by Gasteiger charge is -2.40. The number of piperidine rings is 2. The zero-order valence-electron chi connectivity index (χ0n) is 14.2. The molecule has 0 spiro atoms. The zero-order chi connectivity index (χ0) is 17.1. The van der Waals surface area contributed by atoms with Crippen molar-refractivity contribution in [3.8, 4) is 0 Å². The van der Waals surface area contributed by atoms with Gasteiger partial charge in [-0.2, -0.15) is 0 Å². The molecule has 2 saturated heterocycles. The van der Waals surface area contributed by atoms with Crippen LogP contribution in [0.3, 0.4) is 0 Å². The molecule has 0 radical (unpaired) electrons. The van der Waals surface area contributed by atoms with Crippen molar-refractivity contribution in [2.24, 2.45) is 5.92 Å². The summed E-state index contributed by atoms with van der Waals surface area (Å²) in [6.07, 6.45) is 7.59. The van der Waals surface area contributed by atoms with E-state index in [1.807, 2.05) is 0 Å². The number of hydrogen-bond donors (Lipinski definition) is 0. The summed E-state index contributed by atoms with van der Waals surface area (Å²) in [7, 11) is 0. The van der Waals surface area contributed by atoms with Gasteiger partial charge < -0.3 is 9.80 Å². The molecule has 2 fully saturated rings. The van der Waals surface area contributed by atoms with E-state index in [2.05, 4.69) is 21.7 Å². The van der Waals surface area contributed by atoms with Gasteiger partial charge in [0.15, 0.2) is 0 Å². The van der Waals surface area contributed by atoms with Gasteiger partial charge in [-0.3, -0.25) is 10.1 Å². The van der Waals surface area contributed by atoms with Crippen molar-refractivity contribution in [2.45, 2.75) is 45.1 Å².